The van der Waals surface area contributed by atoms with E-state index < -0.39 is 11.9 Å². The Morgan fingerprint density at radius 3 is 2.52 bits per heavy atom. The molecule has 0 spiro atoms. The van der Waals surface area contributed by atoms with Crippen LogP contribution in [0, 0.1) is 0 Å². The molecule has 0 saturated carbocycles. The van der Waals surface area contributed by atoms with Gasteiger partial charge in [0, 0.05) is 27.4 Å². The largest absolute Gasteiger partial charge is 0.466 e. The van der Waals surface area contributed by atoms with Gasteiger partial charge in [-0.15, -0.1) is 0 Å². The summed E-state index contributed by atoms with van der Waals surface area (Å²) in [6.07, 6.45) is 0.793. The fraction of sp³-hybridized carbons (Fsp3) is 0.250. The van der Waals surface area contributed by atoms with Crippen molar-refractivity contribution in [2.24, 2.45) is 0 Å². The van der Waals surface area contributed by atoms with E-state index >= 15 is 0 Å². The maximum atomic E-state index is 12.2. The Morgan fingerprint density at radius 2 is 1.95 bits per heavy atom. The quantitative estimate of drug-likeness (QED) is 0.673. The summed E-state index contributed by atoms with van der Waals surface area (Å²) in [5.74, 6) is -0.876. The number of allylic oxidation sites excluding steroid dienone is 3. The molecular formula is C16H16BrNO3. The predicted molar refractivity (Wildman–Crippen MR) is 83.5 cm³/mol. The van der Waals surface area contributed by atoms with Crippen molar-refractivity contribution in [2.45, 2.75) is 19.8 Å². The van der Waals surface area contributed by atoms with Crippen LogP contribution in [-0.2, 0) is 14.3 Å². The third-order valence-electron chi connectivity index (χ3n) is 3.56. The van der Waals surface area contributed by atoms with E-state index in [-0.39, 0.29) is 0 Å². The minimum absolute atomic E-state index is 0.437. The van der Waals surface area contributed by atoms with E-state index in [0.717, 1.165) is 22.0 Å². The van der Waals surface area contributed by atoms with Gasteiger partial charge in [0.25, 0.3) is 0 Å². The number of dihydropyridines is 1. The van der Waals surface area contributed by atoms with Crippen molar-refractivity contribution in [3.63, 3.8) is 0 Å². The third-order valence-corrected chi connectivity index (χ3v) is 4.28. The van der Waals surface area contributed by atoms with Crippen LogP contribution in [0.25, 0.3) is 0 Å². The molecular weight excluding hydrogens is 334 g/mol. The summed E-state index contributed by atoms with van der Waals surface area (Å²) in [7, 11) is 1.34. The SMILES string of the molecule is COC(=O)C1=C(C)NC(C)=C(C=O)C1c1ccccc1Br. The van der Waals surface area contributed by atoms with Gasteiger partial charge in [-0.1, -0.05) is 34.1 Å². The van der Waals surface area contributed by atoms with Crippen LogP contribution < -0.4 is 5.32 Å². The monoisotopic (exact) mass is 349 g/mol. The van der Waals surface area contributed by atoms with Crippen molar-refractivity contribution in [1.82, 2.24) is 5.32 Å². The molecule has 21 heavy (non-hydrogen) atoms. The zero-order chi connectivity index (χ0) is 15.6. The highest BCUT2D eigenvalue weighted by atomic mass is 79.9. The standard InChI is InChI=1S/C16H16BrNO3/c1-9-12(8-19)15(11-6-4-5-7-13(11)17)14(10(2)18-9)16(20)21-3/h4-8,15,18H,1-3H3. The normalized spacial score (nSPS) is 18.4. The van der Waals surface area contributed by atoms with Gasteiger partial charge in [-0.3, -0.25) is 4.79 Å². The lowest BCUT2D eigenvalue weighted by Crippen LogP contribution is -2.29. The van der Waals surface area contributed by atoms with Crippen molar-refractivity contribution in [2.75, 3.05) is 7.11 Å². The molecule has 1 unspecified atom stereocenters. The lowest BCUT2D eigenvalue weighted by molar-refractivity contribution is -0.136. The Hall–Kier alpha value is -1.88. The van der Waals surface area contributed by atoms with Crippen LogP contribution >= 0.6 is 15.9 Å². The lowest BCUT2D eigenvalue weighted by Gasteiger charge is -2.29. The zero-order valence-electron chi connectivity index (χ0n) is 12.1. The van der Waals surface area contributed by atoms with Crippen LogP contribution in [0.5, 0.6) is 0 Å². The van der Waals surface area contributed by atoms with Gasteiger partial charge in [-0.05, 0) is 25.5 Å². The van der Waals surface area contributed by atoms with Crippen molar-refractivity contribution >= 4 is 28.2 Å². The van der Waals surface area contributed by atoms with Crippen LogP contribution in [0.4, 0.5) is 0 Å². The summed E-state index contributed by atoms with van der Waals surface area (Å²) < 4.78 is 5.73. The van der Waals surface area contributed by atoms with E-state index in [4.69, 9.17) is 4.74 Å². The molecule has 110 valence electrons. The predicted octanol–water partition coefficient (Wildman–Crippen LogP) is 3.06. The van der Waals surface area contributed by atoms with Crippen molar-refractivity contribution in [3.8, 4) is 0 Å². The fourth-order valence-electron chi connectivity index (χ4n) is 2.58. The molecule has 0 radical (unpaired) electrons. The summed E-state index contributed by atoms with van der Waals surface area (Å²) in [6.45, 7) is 3.63. The van der Waals surface area contributed by atoms with Gasteiger partial charge in [0.2, 0.25) is 0 Å². The van der Waals surface area contributed by atoms with Crippen molar-refractivity contribution in [3.05, 3.63) is 56.8 Å². The summed E-state index contributed by atoms with van der Waals surface area (Å²) >= 11 is 3.49. The second-order valence-corrected chi connectivity index (χ2v) is 5.66. The number of ether oxygens (including phenoxy) is 1. The first kappa shape index (κ1) is 15.5. The molecule has 0 amide bonds. The van der Waals surface area contributed by atoms with Crippen LogP contribution in [0.15, 0.2) is 51.3 Å². The number of hydrogen-bond donors (Lipinski definition) is 1. The van der Waals surface area contributed by atoms with Gasteiger partial charge >= 0.3 is 5.97 Å². The molecule has 0 fully saturated rings. The van der Waals surface area contributed by atoms with Gasteiger partial charge in [-0.2, -0.15) is 0 Å². The summed E-state index contributed by atoms with van der Waals surface area (Å²) in [5.41, 5.74) is 3.30. The average Bonchev–Trinajstić information content (AvgIpc) is 2.46. The number of carbonyl (C=O) groups excluding carboxylic acids is 2. The first-order chi connectivity index (χ1) is 10.0. The Bertz CT molecular complexity index is 661. The molecule has 1 heterocycles. The smallest absolute Gasteiger partial charge is 0.336 e. The molecule has 1 aliphatic rings. The zero-order valence-corrected chi connectivity index (χ0v) is 13.7. The molecule has 4 nitrogen and oxygen atoms in total. The van der Waals surface area contributed by atoms with Crippen LogP contribution in [0.1, 0.15) is 25.3 Å². The molecule has 0 bridgehead atoms. The van der Waals surface area contributed by atoms with E-state index in [1.165, 1.54) is 7.11 Å². The molecule has 1 atom stereocenters. The highest BCUT2D eigenvalue weighted by Crippen LogP contribution is 2.40. The summed E-state index contributed by atoms with van der Waals surface area (Å²) in [5, 5.41) is 3.08. The number of methoxy groups -OCH3 is 1. The highest BCUT2D eigenvalue weighted by Gasteiger charge is 2.34. The van der Waals surface area contributed by atoms with Gasteiger partial charge in [0.15, 0.2) is 0 Å². The highest BCUT2D eigenvalue weighted by molar-refractivity contribution is 9.10. The molecule has 2 rings (SSSR count). The lowest BCUT2D eigenvalue weighted by atomic mass is 9.81. The molecule has 0 saturated heterocycles. The number of benzene rings is 1. The Morgan fingerprint density at radius 1 is 1.29 bits per heavy atom. The third kappa shape index (κ3) is 2.78. The van der Waals surface area contributed by atoms with Crippen LogP contribution in [-0.4, -0.2) is 19.4 Å². The molecule has 0 aliphatic carbocycles. The number of carbonyl (C=O) groups is 2. The van der Waals surface area contributed by atoms with E-state index in [1.54, 1.807) is 6.92 Å². The number of esters is 1. The summed E-state index contributed by atoms with van der Waals surface area (Å²) in [6, 6.07) is 7.55. The first-order valence-corrected chi connectivity index (χ1v) is 7.27. The van der Waals surface area contributed by atoms with E-state index in [9.17, 15) is 9.59 Å². The first-order valence-electron chi connectivity index (χ1n) is 6.47. The van der Waals surface area contributed by atoms with E-state index in [1.807, 2.05) is 31.2 Å². The molecule has 1 N–H and O–H groups in total. The minimum Gasteiger partial charge on any atom is -0.466 e. The number of rotatable bonds is 3. The van der Waals surface area contributed by atoms with Gasteiger partial charge < -0.3 is 10.1 Å². The van der Waals surface area contributed by atoms with Gasteiger partial charge in [0.1, 0.15) is 6.29 Å². The Labute approximate surface area is 132 Å². The van der Waals surface area contributed by atoms with E-state index in [0.29, 0.717) is 16.8 Å². The second-order valence-electron chi connectivity index (χ2n) is 4.81. The Balaban J connectivity index is 2.69. The van der Waals surface area contributed by atoms with Crippen LogP contribution in [0.2, 0.25) is 0 Å². The second kappa shape index (κ2) is 6.26. The number of nitrogens with one attached hydrogen (secondary N) is 1. The maximum Gasteiger partial charge on any atom is 0.336 e. The average molecular weight is 350 g/mol. The molecule has 5 heteroatoms. The maximum absolute atomic E-state index is 12.2. The van der Waals surface area contributed by atoms with Gasteiger partial charge in [-0.25, -0.2) is 4.79 Å². The van der Waals surface area contributed by atoms with Crippen LogP contribution in [0.3, 0.4) is 0 Å². The molecule has 1 aromatic carbocycles. The number of aldehydes is 1. The molecule has 1 aliphatic heterocycles. The topological polar surface area (TPSA) is 55.4 Å². The molecule has 0 aromatic heterocycles. The fourth-order valence-corrected chi connectivity index (χ4v) is 3.09. The minimum atomic E-state index is -0.438. The van der Waals surface area contributed by atoms with Gasteiger partial charge in [0.05, 0.1) is 12.7 Å². The molecule has 1 aromatic rings. The Kier molecular flexibility index (Phi) is 4.63. The number of hydrogen-bond acceptors (Lipinski definition) is 4. The van der Waals surface area contributed by atoms with E-state index in [2.05, 4.69) is 21.2 Å². The van der Waals surface area contributed by atoms with Crippen molar-refractivity contribution in [1.29, 1.82) is 0 Å². The summed E-state index contributed by atoms with van der Waals surface area (Å²) in [4.78, 5) is 23.7. The number of halogens is 1. The van der Waals surface area contributed by atoms with Crippen molar-refractivity contribution < 1.29 is 14.3 Å².